The van der Waals surface area contributed by atoms with E-state index < -0.39 is 0 Å². The van der Waals surface area contributed by atoms with E-state index in [0.29, 0.717) is 12.6 Å². The fourth-order valence-electron chi connectivity index (χ4n) is 2.33. The van der Waals surface area contributed by atoms with Gasteiger partial charge in [0.1, 0.15) is 18.4 Å². The van der Waals surface area contributed by atoms with E-state index in [0.717, 1.165) is 25.4 Å². The molecule has 1 N–H and O–H groups in total. The molecule has 0 amide bonds. The van der Waals surface area contributed by atoms with Crippen LogP contribution in [0.1, 0.15) is 19.4 Å². The number of ether oxygens (including phenoxy) is 1. The standard InChI is InChI=1S/C15H21N3O/c1-12(2)17-14(9-16)11-18-7-8-19-15-6-4-3-5-13(15)10-18/h3-6,12,14,17H,7-8,10-11H2,1-2H3. The molecule has 4 heteroatoms. The molecule has 0 aromatic heterocycles. The van der Waals surface area contributed by atoms with Gasteiger partial charge in [-0.2, -0.15) is 5.26 Å². The van der Waals surface area contributed by atoms with Gasteiger partial charge < -0.3 is 4.74 Å². The Morgan fingerprint density at radius 2 is 2.21 bits per heavy atom. The second kappa shape index (κ2) is 6.55. The summed E-state index contributed by atoms with van der Waals surface area (Å²) in [4.78, 5) is 2.27. The zero-order valence-electron chi connectivity index (χ0n) is 11.6. The van der Waals surface area contributed by atoms with Crippen LogP contribution >= 0.6 is 0 Å². The van der Waals surface area contributed by atoms with Crippen molar-refractivity contribution < 1.29 is 4.74 Å². The minimum atomic E-state index is -0.134. The lowest BCUT2D eigenvalue weighted by molar-refractivity contribution is 0.214. The third-order valence-corrected chi connectivity index (χ3v) is 3.16. The van der Waals surface area contributed by atoms with Gasteiger partial charge in [-0.3, -0.25) is 10.2 Å². The lowest BCUT2D eigenvalue weighted by Gasteiger charge is -2.23. The lowest BCUT2D eigenvalue weighted by Crippen LogP contribution is -2.43. The maximum Gasteiger partial charge on any atom is 0.123 e. The molecular weight excluding hydrogens is 238 g/mol. The highest BCUT2D eigenvalue weighted by Crippen LogP contribution is 2.22. The molecule has 1 aromatic carbocycles. The first-order valence-corrected chi connectivity index (χ1v) is 6.77. The van der Waals surface area contributed by atoms with Crippen molar-refractivity contribution in [2.45, 2.75) is 32.5 Å². The van der Waals surface area contributed by atoms with E-state index in [1.165, 1.54) is 5.56 Å². The van der Waals surface area contributed by atoms with E-state index >= 15 is 0 Å². The Morgan fingerprint density at radius 1 is 1.42 bits per heavy atom. The predicted octanol–water partition coefficient (Wildman–Crippen LogP) is 1.77. The van der Waals surface area contributed by atoms with Crippen LogP contribution in [0, 0.1) is 11.3 Å². The highest BCUT2D eigenvalue weighted by molar-refractivity contribution is 5.33. The van der Waals surface area contributed by atoms with Crippen LogP contribution in [-0.2, 0) is 6.54 Å². The van der Waals surface area contributed by atoms with Crippen molar-refractivity contribution in [1.29, 1.82) is 5.26 Å². The minimum Gasteiger partial charge on any atom is -0.492 e. The van der Waals surface area contributed by atoms with Crippen LogP contribution in [0.25, 0.3) is 0 Å². The van der Waals surface area contributed by atoms with Crippen molar-refractivity contribution in [3.05, 3.63) is 29.8 Å². The fourth-order valence-corrected chi connectivity index (χ4v) is 2.33. The Labute approximate surface area is 115 Å². The van der Waals surface area contributed by atoms with Gasteiger partial charge in [0.05, 0.1) is 6.07 Å². The third-order valence-electron chi connectivity index (χ3n) is 3.16. The van der Waals surface area contributed by atoms with Crippen molar-refractivity contribution in [3.8, 4) is 11.8 Å². The molecule has 0 bridgehead atoms. The molecule has 0 radical (unpaired) electrons. The van der Waals surface area contributed by atoms with Crippen molar-refractivity contribution in [3.63, 3.8) is 0 Å². The van der Waals surface area contributed by atoms with E-state index in [1.54, 1.807) is 0 Å². The van der Waals surface area contributed by atoms with Crippen molar-refractivity contribution in [1.82, 2.24) is 10.2 Å². The average molecular weight is 259 g/mol. The summed E-state index contributed by atoms with van der Waals surface area (Å²) in [6.45, 7) is 7.22. The van der Waals surface area contributed by atoms with Crippen LogP contribution < -0.4 is 10.1 Å². The molecule has 4 nitrogen and oxygen atoms in total. The van der Waals surface area contributed by atoms with Crippen LogP contribution in [0.2, 0.25) is 0 Å². The van der Waals surface area contributed by atoms with Crippen LogP contribution in [0.15, 0.2) is 24.3 Å². The molecule has 0 aliphatic carbocycles. The van der Waals surface area contributed by atoms with E-state index in [4.69, 9.17) is 4.74 Å². The molecular formula is C15H21N3O. The SMILES string of the molecule is CC(C)NC(C#N)CN1CCOc2ccccc2C1. The number of para-hydroxylation sites is 1. The summed E-state index contributed by atoms with van der Waals surface area (Å²) in [5, 5.41) is 12.5. The fraction of sp³-hybridized carbons (Fsp3) is 0.533. The van der Waals surface area contributed by atoms with Gasteiger partial charge in [0, 0.05) is 31.2 Å². The van der Waals surface area contributed by atoms with E-state index in [9.17, 15) is 5.26 Å². The zero-order chi connectivity index (χ0) is 13.7. The van der Waals surface area contributed by atoms with E-state index in [2.05, 4.69) is 36.2 Å². The second-order valence-corrected chi connectivity index (χ2v) is 5.19. The molecule has 1 atom stereocenters. The van der Waals surface area contributed by atoms with Gasteiger partial charge in [0.15, 0.2) is 0 Å². The molecule has 1 unspecified atom stereocenters. The second-order valence-electron chi connectivity index (χ2n) is 5.19. The summed E-state index contributed by atoms with van der Waals surface area (Å²) in [6, 6.07) is 10.6. The predicted molar refractivity (Wildman–Crippen MR) is 74.9 cm³/mol. The minimum absolute atomic E-state index is 0.134. The van der Waals surface area contributed by atoms with Gasteiger partial charge in [-0.1, -0.05) is 18.2 Å². The van der Waals surface area contributed by atoms with E-state index in [-0.39, 0.29) is 6.04 Å². The Morgan fingerprint density at radius 3 is 2.95 bits per heavy atom. The molecule has 0 saturated carbocycles. The number of nitriles is 1. The quantitative estimate of drug-likeness (QED) is 0.895. The molecule has 1 aromatic rings. The molecule has 2 rings (SSSR count). The number of rotatable bonds is 4. The van der Waals surface area contributed by atoms with Gasteiger partial charge in [-0.05, 0) is 19.9 Å². The first kappa shape index (κ1) is 13.9. The van der Waals surface area contributed by atoms with Crippen LogP contribution in [-0.4, -0.2) is 36.7 Å². The molecule has 1 aliphatic rings. The van der Waals surface area contributed by atoms with Gasteiger partial charge in [-0.25, -0.2) is 0 Å². The van der Waals surface area contributed by atoms with Gasteiger partial charge in [-0.15, -0.1) is 0 Å². The molecule has 0 spiro atoms. The summed E-state index contributed by atoms with van der Waals surface area (Å²) in [5.41, 5.74) is 1.20. The zero-order valence-corrected chi connectivity index (χ0v) is 11.6. The molecule has 102 valence electrons. The van der Waals surface area contributed by atoms with Crippen LogP contribution in [0.4, 0.5) is 0 Å². The number of hydrogen-bond donors (Lipinski definition) is 1. The van der Waals surface area contributed by atoms with Crippen LogP contribution in [0.5, 0.6) is 5.75 Å². The average Bonchev–Trinajstić information content (AvgIpc) is 2.59. The number of nitrogens with one attached hydrogen (secondary N) is 1. The third kappa shape index (κ3) is 3.95. The van der Waals surface area contributed by atoms with Crippen molar-refractivity contribution >= 4 is 0 Å². The van der Waals surface area contributed by atoms with Gasteiger partial charge >= 0.3 is 0 Å². The molecule has 0 fully saturated rings. The Hall–Kier alpha value is -1.57. The number of benzene rings is 1. The van der Waals surface area contributed by atoms with Crippen molar-refractivity contribution in [2.75, 3.05) is 19.7 Å². The summed E-state index contributed by atoms with van der Waals surface area (Å²) < 4.78 is 5.73. The van der Waals surface area contributed by atoms with Crippen LogP contribution in [0.3, 0.4) is 0 Å². The largest absolute Gasteiger partial charge is 0.492 e. The van der Waals surface area contributed by atoms with E-state index in [1.807, 2.05) is 18.2 Å². The monoisotopic (exact) mass is 259 g/mol. The Balaban J connectivity index is 2.00. The first-order chi connectivity index (χ1) is 9.19. The summed E-state index contributed by atoms with van der Waals surface area (Å²) in [7, 11) is 0. The van der Waals surface area contributed by atoms with Gasteiger partial charge in [0.25, 0.3) is 0 Å². The highest BCUT2D eigenvalue weighted by Gasteiger charge is 2.18. The van der Waals surface area contributed by atoms with Gasteiger partial charge in [0.2, 0.25) is 0 Å². The lowest BCUT2D eigenvalue weighted by atomic mass is 10.2. The molecule has 19 heavy (non-hydrogen) atoms. The number of hydrogen-bond acceptors (Lipinski definition) is 4. The Bertz CT molecular complexity index is 453. The summed E-state index contributed by atoms with van der Waals surface area (Å²) in [5.74, 6) is 0.968. The first-order valence-electron chi connectivity index (χ1n) is 6.77. The normalized spacial score (nSPS) is 17.2. The summed E-state index contributed by atoms with van der Waals surface area (Å²) >= 11 is 0. The van der Waals surface area contributed by atoms with Crippen molar-refractivity contribution in [2.24, 2.45) is 0 Å². The number of fused-ring (bicyclic) bond motifs is 1. The molecule has 1 heterocycles. The topological polar surface area (TPSA) is 48.3 Å². The highest BCUT2D eigenvalue weighted by atomic mass is 16.5. The maximum absolute atomic E-state index is 9.20. The maximum atomic E-state index is 9.20. The summed E-state index contributed by atoms with van der Waals surface area (Å²) in [6.07, 6.45) is 0. The smallest absolute Gasteiger partial charge is 0.123 e. The molecule has 1 aliphatic heterocycles. The Kier molecular flexibility index (Phi) is 4.78. The molecule has 0 saturated heterocycles. The number of nitrogens with zero attached hydrogens (tertiary/aromatic N) is 2.